The molecular weight excluding hydrogens is 268 g/mol. The Kier molecular flexibility index (Phi) is 5.37. The van der Waals surface area contributed by atoms with Crippen LogP contribution in [0, 0.1) is 0 Å². The van der Waals surface area contributed by atoms with Gasteiger partial charge in [0.1, 0.15) is 6.04 Å². The molecule has 102 valence electrons. The Hall–Kier alpha value is -2.02. The summed E-state index contributed by atoms with van der Waals surface area (Å²) >= 11 is 1.53. The first kappa shape index (κ1) is 15.0. The van der Waals surface area contributed by atoms with Crippen molar-refractivity contribution in [3.63, 3.8) is 0 Å². The molecule has 0 fully saturated rings. The van der Waals surface area contributed by atoms with Gasteiger partial charge in [0.25, 0.3) is 5.91 Å². The maximum absolute atomic E-state index is 11.8. The predicted octanol–water partition coefficient (Wildman–Crippen LogP) is 0.467. The van der Waals surface area contributed by atoms with Crippen molar-refractivity contribution in [1.82, 2.24) is 5.32 Å². The summed E-state index contributed by atoms with van der Waals surface area (Å²) in [6.07, 6.45) is 1.46. The first-order valence-electron chi connectivity index (χ1n) is 5.40. The quantitative estimate of drug-likeness (QED) is 0.657. The minimum absolute atomic E-state index is 0.327. The van der Waals surface area contributed by atoms with Crippen molar-refractivity contribution < 1.29 is 19.5 Å². The van der Waals surface area contributed by atoms with Crippen LogP contribution in [-0.2, 0) is 9.59 Å². The van der Waals surface area contributed by atoms with Crippen LogP contribution in [0.2, 0.25) is 0 Å². The Labute approximate surface area is 114 Å². The lowest BCUT2D eigenvalue weighted by atomic mass is 10.1. The van der Waals surface area contributed by atoms with Gasteiger partial charge in [0.2, 0.25) is 5.91 Å². The number of aliphatic carboxylic acids is 1. The van der Waals surface area contributed by atoms with Crippen LogP contribution in [0.25, 0.3) is 0 Å². The first-order chi connectivity index (χ1) is 8.93. The summed E-state index contributed by atoms with van der Waals surface area (Å²) < 4.78 is 0. The van der Waals surface area contributed by atoms with Crippen LogP contribution in [0.15, 0.2) is 29.2 Å². The molecule has 0 aliphatic heterocycles. The summed E-state index contributed by atoms with van der Waals surface area (Å²) in [5.41, 5.74) is 5.25. The van der Waals surface area contributed by atoms with Crippen molar-refractivity contribution in [3.8, 4) is 0 Å². The highest BCUT2D eigenvalue weighted by atomic mass is 32.2. The number of carboxylic acids is 1. The molecule has 19 heavy (non-hydrogen) atoms. The van der Waals surface area contributed by atoms with E-state index in [0.717, 1.165) is 4.90 Å². The van der Waals surface area contributed by atoms with Crippen molar-refractivity contribution in [2.75, 3.05) is 6.26 Å². The fourth-order valence-electron chi connectivity index (χ4n) is 1.39. The van der Waals surface area contributed by atoms with E-state index in [9.17, 15) is 14.4 Å². The molecule has 0 saturated carbocycles. The van der Waals surface area contributed by atoms with E-state index in [2.05, 4.69) is 5.32 Å². The molecule has 0 aromatic heterocycles. The number of nitrogens with one attached hydrogen (secondary N) is 1. The van der Waals surface area contributed by atoms with Crippen molar-refractivity contribution in [2.24, 2.45) is 5.73 Å². The molecule has 0 aliphatic carbocycles. The summed E-state index contributed by atoms with van der Waals surface area (Å²) in [5.74, 6) is -2.64. The van der Waals surface area contributed by atoms with Gasteiger partial charge in [-0.1, -0.05) is 0 Å². The normalized spacial score (nSPS) is 11.6. The summed E-state index contributed by atoms with van der Waals surface area (Å²) in [7, 11) is 0. The number of thioether (sulfide) groups is 1. The number of nitrogens with two attached hydrogens (primary N) is 1. The number of carboxylic acid groups (broad SMARTS) is 1. The molecule has 7 heteroatoms. The van der Waals surface area contributed by atoms with Crippen LogP contribution in [0.3, 0.4) is 0 Å². The fourth-order valence-corrected chi connectivity index (χ4v) is 1.79. The van der Waals surface area contributed by atoms with E-state index in [4.69, 9.17) is 10.8 Å². The summed E-state index contributed by atoms with van der Waals surface area (Å²) in [6.45, 7) is 0. The van der Waals surface area contributed by atoms with Gasteiger partial charge in [-0.05, 0) is 30.5 Å². The highest BCUT2D eigenvalue weighted by Crippen LogP contribution is 2.14. The third-order valence-corrected chi connectivity index (χ3v) is 3.10. The van der Waals surface area contributed by atoms with Crippen LogP contribution in [-0.4, -0.2) is 35.2 Å². The van der Waals surface area contributed by atoms with E-state index in [-0.39, 0.29) is 0 Å². The minimum Gasteiger partial charge on any atom is -0.480 e. The molecule has 0 radical (unpaired) electrons. The first-order valence-corrected chi connectivity index (χ1v) is 6.62. The molecule has 1 aromatic carbocycles. The van der Waals surface area contributed by atoms with Gasteiger partial charge in [0, 0.05) is 10.5 Å². The van der Waals surface area contributed by atoms with Crippen LogP contribution in [0.5, 0.6) is 0 Å². The maximum Gasteiger partial charge on any atom is 0.326 e. The van der Waals surface area contributed by atoms with Gasteiger partial charge in [-0.25, -0.2) is 4.79 Å². The maximum atomic E-state index is 11.8. The van der Waals surface area contributed by atoms with Crippen LogP contribution in [0.4, 0.5) is 0 Å². The lowest BCUT2D eigenvalue weighted by molar-refractivity contribution is -0.140. The zero-order valence-corrected chi connectivity index (χ0v) is 11.1. The molecule has 0 bridgehead atoms. The van der Waals surface area contributed by atoms with Crippen LogP contribution in [0.1, 0.15) is 16.8 Å². The Morgan fingerprint density at radius 1 is 1.32 bits per heavy atom. The van der Waals surface area contributed by atoms with Crippen molar-refractivity contribution in [1.29, 1.82) is 0 Å². The molecule has 0 unspecified atom stereocenters. The molecule has 1 atom stereocenters. The Morgan fingerprint density at radius 2 is 1.89 bits per heavy atom. The summed E-state index contributed by atoms with van der Waals surface area (Å²) in [5, 5.41) is 11.1. The van der Waals surface area contributed by atoms with E-state index < -0.39 is 30.2 Å². The number of carbonyl (C=O) groups excluding carboxylic acids is 2. The van der Waals surface area contributed by atoms with Crippen molar-refractivity contribution >= 4 is 29.5 Å². The standard InChI is InChI=1S/C12H14N2O4S/c1-19-8-4-2-7(3-5-8)11(16)14-9(12(17)18)6-10(13)15/h2-5,9H,6H2,1H3,(H2,13,15)(H,14,16)(H,17,18)/t9-/m0/s1. The molecule has 1 rings (SSSR count). The molecule has 0 heterocycles. The van der Waals surface area contributed by atoms with Gasteiger partial charge in [-0.3, -0.25) is 9.59 Å². The van der Waals surface area contributed by atoms with Crippen LogP contribution < -0.4 is 11.1 Å². The highest BCUT2D eigenvalue weighted by molar-refractivity contribution is 7.98. The SMILES string of the molecule is CSc1ccc(C(=O)N[C@@H](CC(N)=O)C(=O)O)cc1. The van der Waals surface area contributed by atoms with Gasteiger partial charge in [0.05, 0.1) is 6.42 Å². The molecule has 1 aromatic rings. The Balaban J connectivity index is 2.75. The lowest BCUT2D eigenvalue weighted by Gasteiger charge is -2.12. The van der Waals surface area contributed by atoms with Gasteiger partial charge in [-0.15, -0.1) is 11.8 Å². The number of hydrogen-bond donors (Lipinski definition) is 3. The monoisotopic (exact) mass is 282 g/mol. The number of amides is 2. The van der Waals surface area contributed by atoms with Gasteiger partial charge in [-0.2, -0.15) is 0 Å². The second-order valence-electron chi connectivity index (χ2n) is 3.76. The number of primary amides is 1. The second kappa shape index (κ2) is 6.79. The molecule has 2 amide bonds. The third kappa shape index (κ3) is 4.63. The summed E-state index contributed by atoms with van der Waals surface area (Å²) in [4.78, 5) is 34.4. The Bertz CT molecular complexity index is 487. The molecule has 0 aliphatic rings. The average molecular weight is 282 g/mol. The number of hydrogen-bond acceptors (Lipinski definition) is 4. The van der Waals surface area contributed by atoms with Crippen molar-refractivity contribution in [3.05, 3.63) is 29.8 Å². The average Bonchev–Trinajstić information content (AvgIpc) is 2.37. The van der Waals surface area contributed by atoms with Gasteiger partial charge < -0.3 is 16.2 Å². The van der Waals surface area contributed by atoms with Crippen molar-refractivity contribution in [2.45, 2.75) is 17.4 Å². The zero-order valence-electron chi connectivity index (χ0n) is 10.3. The van der Waals surface area contributed by atoms with E-state index >= 15 is 0 Å². The Morgan fingerprint density at radius 3 is 2.32 bits per heavy atom. The number of carbonyl (C=O) groups is 3. The topological polar surface area (TPSA) is 109 Å². The molecule has 6 nitrogen and oxygen atoms in total. The third-order valence-electron chi connectivity index (χ3n) is 2.36. The second-order valence-corrected chi connectivity index (χ2v) is 4.64. The molecule has 0 saturated heterocycles. The molecular formula is C12H14N2O4S. The zero-order chi connectivity index (χ0) is 14.4. The summed E-state index contributed by atoms with van der Waals surface area (Å²) in [6, 6.07) is 5.37. The van der Waals surface area contributed by atoms with Gasteiger partial charge in [0.15, 0.2) is 0 Å². The van der Waals surface area contributed by atoms with E-state index in [1.165, 1.54) is 11.8 Å². The fraction of sp³-hybridized carbons (Fsp3) is 0.250. The number of rotatable bonds is 6. The van der Waals surface area contributed by atoms with E-state index in [1.54, 1.807) is 24.3 Å². The highest BCUT2D eigenvalue weighted by Gasteiger charge is 2.22. The predicted molar refractivity (Wildman–Crippen MR) is 70.9 cm³/mol. The van der Waals surface area contributed by atoms with E-state index in [0.29, 0.717) is 5.56 Å². The molecule has 0 spiro atoms. The van der Waals surface area contributed by atoms with Gasteiger partial charge >= 0.3 is 5.97 Å². The number of benzene rings is 1. The smallest absolute Gasteiger partial charge is 0.326 e. The lowest BCUT2D eigenvalue weighted by Crippen LogP contribution is -2.43. The van der Waals surface area contributed by atoms with Crippen LogP contribution >= 0.6 is 11.8 Å². The largest absolute Gasteiger partial charge is 0.480 e. The minimum atomic E-state index is -1.31. The molecule has 4 N–H and O–H groups in total. The van der Waals surface area contributed by atoms with E-state index in [1.807, 2.05) is 6.26 Å².